The van der Waals surface area contributed by atoms with Gasteiger partial charge in [0.15, 0.2) is 11.6 Å². The van der Waals surface area contributed by atoms with Crippen LogP contribution in [-0.4, -0.2) is 11.9 Å². The fraction of sp³-hybridized carbons (Fsp3) is 0.167. The fourth-order valence-corrected chi connectivity index (χ4v) is 1.59. The second-order valence-electron chi connectivity index (χ2n) is 3.33. The zero-order valence-electron chi connectivity index (χ0n) is 8.74. The summed E-state index contributed by atoms with van der Waals surface area (Å²) < 4.78 is 5.95. The minimum Gasteiger partial charge on any atom is -0.407 e. The summed E-state index contributed by atoms with van der Waals surface area (Å²) in [5.74, 6) is 0.105. The Hall–Kier alpha value is -1.42. The number of esters is 1. The third kappa shape index (κ3) is 2.39. The van der Waals surface area contributed by atoms with E-state index >= 15 is 0 Å². The van der Waals surface area contributed by atoms with E-state index < -0.39 is 0 Å². The number of benzene rings is 1. The number of aliphatic imine (C=N–C) groups is 1. The first kappa shape index (κ1) is 11.1. The molecular formula is C12H10BrNO2. The SMILES string of the molecule is CCC1=NC(=Cc2ccc(Br)cc2)C(=O)O1. The molecule has 0 fully saturated rings. The lowest BCUT2D eigenvalue weighted by Gasteiger charge is -1.94. The van der Waals surface area contributed by atoms with Gasteiger partial charge in [-0.1, -0.05) is 35.0 Å². The van der Waals surface area contributed by atoms with E-state index in [0.717, 1.165) is 10.0 Å². The van der Waals surface area contributed by atoms with Crippen molar-refractivity contribution in [3.63, 3.8) is 0 Å². The second-order valence-corrected chi connectivity index (χ2v) is 4.25. The van der Waals surface area contributed by atoms with Gasteiger partial charge in [0.25, 0.3) is 0 Å². The largest absolute Gasteiger partial charge is 0.407 e. The van der Waals surface area contributed by atoms with E-state index in [9.17, 15) is 4.79 Å². The average Bonchev–Trinajstić information content (AvgIpc) is 2.63. The first-order valence-corrected chi connectivity index (χ1v) is 5.75. The molecule has 0 saturated heterocycles. The van der Waals surface area contributed by atoms with E-state index in [2.05, 4.69) is 20.9 Å². The highest BCUT2D eigenvalue weighted by Crippen LogP contribution is 2.18. The highest BCUT2D eigenvalue weighted by atomic mass is 79.9. The molecule has 0 N–H and O–H groups in total. The molecule has 0 unspecified atom stereocenters. The zero-order valence-corrected chi connectivity index (χ0v) is 10.3. The predicted molar refractivity (Wildman–Crippen MR) is 65.9 cm³/mol. The molecule has 0 spiro atoms. The third-order valence-corrected chi connectivity index (χ3v) is 2.67. The zero-order chi connectivity index (χ0) is 11.5. The normalized spacial score (nSPS) is 17.5. The van der Waals surface area contributed by atoms with Gasteiger partial charge in [-0.3, -0.25) is 0 Å². The van der Waals surface area contributed by atoms with Crippen LogP contribution in [-0.2, 0) is 9.53 Å². The van der Waals surface area contributed by atoms with Crippen LogP contribution < -0.4 is 0 Å². The summed E-state index contributed by atoms with van der Waals surface area (Å²) in [5.41, 5.74) is 1.29. The summed E-state index contributed by atoms with van der Waals surface area (Å²) in [7, 11) is 0. The fourth-order valence-electron chi connectivity index (χ4n) is 1.32. The summed E-state index contributed by atoms with van der Waals surface area (Å²) in [6.45, 7) is 1.90. The van der Waals surface area contributed by atoms with Crippen molar-refractivity contribution in [1.82, 2.24) is 0 Å². The lowest BCUT2D eigenvalue weighted by atomic mass is 10.2. The number of hydrogen-bond acceptors (Lipinski definition) is 3. The molecule has 3 nitrogen and oxygen atoms in total. The van der Waals surface area contributed by atoms with Gasteiger partial charge in [0, 0.05) is 10.9 Å². The maximum atomic E-state index is 11.4. The quantitative estimate of drug-likeness (QED) is 0.616. The van der Waals surface area contributed by atoms with Gasteiger partial charge in [0.05, 0.1) is 0 Å². The van der Waals surface area contributed by atoms with Crippen molar-refractivity contribution in [2.45, 2.75) is 13.3 Å². The summed E-state index contributed by atoms with van der Waals surface area (Å²) in [6.07, 6.45) is 2.35. The number of cyclic esters (lactones) is 1. The molecule has 4 heteroatoms. The lowest BCUT2D eigenvalue weighted by molar-refractivity contribution is -0.130. The molecule has 1 aliphatic rings. The van der Waals surface area contributed by atoms with Crippen LogP contribution in [0.25, 0.3) is 6.08 Å². The number of hydrogen-bond donors (Lipinski definition) is 0. The number of carbonyl (C=O) groups excluding carboxylic acids is 1. The Morgan fingerprint density at radius 1 is 1.38 bits per heavy atom. The van der Waals surface area contributed by atoms with Crippen LogP contribution in [0.3, 0.4) is 0 Å². The van der Waals surface area contributed by atoms with Crippen LogP contribution in [0.1, 0.15) is 18.9 Å². The molecule has 0 aliphatic carbocycles. The summed E-state index contributed by atoms with van der Waals surface area (Å²) >= 11 is 3.35. The second kappa shape index (κ2) is 4.61. The summed E-state index contributed by atoms with van der Waals surface area (Å²) in [6, 6.07) is 7.64. The minimum atomic E-state index is -0.375. The number of nitrogens with zero attached hydrogens (tertiary/aromatic N) is 1. The maximum Gasteiger partial charge on any atom is 0.363 e. The van der Waals surface area contributed by atoms with Crippen molar-refractivity contribution in [2.75, 3.05) is 0 Å². The predicted octanol–water partition coefficient (Wildman–Crippen LogP) is 3.16. The minimum absolute atomic E-state index is 0.360. The Kier molecular flexibility index (Phi) is 3.19. The van der Waals surface area contributed by atoms with Gasteiger partial charge in [-0.25, -0.2) is 9.79 Å². The van der Waals surface area contributed by atoms with Crippen LogP contribution in [0.15, 0.2) is 39.4 Å². The van der Waals surface area contributed by atoms with E-state index in [1.54, 1.807) is 6.08 Å². The van der Waals surface area contributed by atoms with Gasteiger partial charge in [0.1, 0.15) is 0 Å². The topological polar surface area (TPSA) is 38.7 Å². The molecule has 0 atom stereocenters. The van der Waals surface area contributed by atoms with Crippen molar-refractivity contribution in [1.29, 1.82) is 0 Å². The Morgan fingerprint density at radius 3 is 2.62 bits per heavy atom. The molecule has 1 aromatic rings. The van der Waals surface area contributed by atoms with E-state index in [-0.39, 0.29) is 5.97 Å². The maximum absolute atomic E-state index is 11.4. The average molecular weight is 280 g/mol. The molecule has 1 aromatic carbocycles. The summed E-state index contributed by atoms with van der Waals surface area (Å²) in [5, 5.41) is 0. The molecule has 0 radical (unpaired) electrons. The Labute approximate surface area is 102 Å². The van der Waals surface area contributed by atoms with Gasteiger partial charge in [-0.2, -0.15) is 0 Å². The van der Waals surface area contributed by atoms with E-state index in [1.165, 1.54) is 0 Å². The molecule has 1 aliphatic heterocycles. The smallest absolute Gasteiger partial charge is 0.363 e. The molecule has 0 aromatic heterocycles. The molecule has 2 rings (SSSR count). The van der Waals surface area contributed by atoms with Crippen molar-refractivity contribution >= 4 is 33.9 Å². The molecule has 16 heavy (non-hydrogen) atoms. The van der Waals surface area contributed by atoms with E-state index in [0.29, 0.717) is 18.0 Å². The van der Waals surface area contributed by atoms with E-state index in [1.807, 2.05) is 31.2 Å². The highest BCUT2D eigenvalue weighted by Gasteiger charge is 2.21. The highest BCUT2D eigenvalue weighted by molar-refractivity contribution is 9.10. The van der Waals surface area contributed by atoms with Crippen molar-refractivity contribution < 1.29 is 9.53 Å². The molecule has 0 amide bonds. The van der Waals surface area contributed by atoms with Gasteiger partial charge < -0.3 is 4.74 Å². The Bertz CT molecular complexity index is 474. The summed E-state index contributed by atoms with van der Waals surface area (Å²) in [4.78, 5) is 15.5. The van der Waals surface area contributed by atoms with Crippen LogP contribution in [0, 0.1) is 0 Å². The lowest BCUT2D eigenvalue weighted by Crippen LogP contribution is -2.02. The first-order valence-electron chi connectivity index (χ1n) is 4.96. The number of ether oxygens (including phenoxy) is 1. The van der Waals surface area contributed by atoms with Crippen molar-refractivity contribution in [3.05, 3.63) is 40.0 Å². The van der Waals surface area contributed by atoms with Crippen LogP contribution >= 0.6 is 15.9 Å². The standard InChI is InChI=1S/C12H10BrNO2/c1-2-11-14-10(12(15)16-11)7-8-3-5-9(13)6-4-8/h3-7H,2H2,1H3. The van der Waals surface area contributed by atoms with Gasteiger partial charge in [-0.15, -0.1) is 0 Å². The van der Waals surface area contributed by atoms with Gasteiger partial charge in [0.2, 0.25) is 0 Å². The van der Waals surface area contributed by atoms with Crippen molar-refractivity contribution in [2.24, 2.45) is 4.99 Å². The first-order chi connectivity index (χ1) is 7.69. The molecule has 0 bridgehead atoms. The van der Waals surface area contributed by atoms with Gasteiger partial charge >= 0.3 is 5.97 Å². The van der Waals surface area contributed by atoms with Crippen LogP contribution in [0.5, 0.6) is 0 Å². The van der Waals surface area contributed by atoms with Gasteiger partial charge in [-0.05, 0) is 23.8 Å². The van der Waals surface area contributed by atoms with E-state index in [4.69, 9.17) is 4.74 Å². The van der Waals surface area contributed by atoms with Crippen LogP contribution in [0.2, 0.25) is 0 Å². The number of halogens is 1. The molecule has 82 valence electrons. The Balaban J connectivity index is 2.28. The van der Waals surface area contributed by atoms with Crippen molar-refractivity contribution in [3.8, 4) is 0 Å². The Morgan fingerprint density at radius 2 is 2.06 bits per heavy atom. The molecule has 0 saturated carbocycles. The third-order valence-electron chi connectivity index (χ3n) is 2.14. The van der Waals surface area contributed by atoms with Crippen LogP contribution in [0.4, 0.5) is 0 Å². The monoisotopic (exact) mass is 279 g/mol. The molecule has 1 heterocycles. The molecular weight excluding hydrogens is 270 g/mol. The number of carbonyl (C=O) groups is 1. The number of rotatable bonds is 2.